The van der Waals surface area contributed by atoms with Crippen molar-refractivity contribution in [2.75, 3.05) is 27.2 Å². The van der Waals surface area contributed by atoms with Gasteiger partial charge >= 0.3 is 0 Å². The smallest absolute Gasteiger partial charge is 0.221 e. The van der Waals surface area contributed by atoms with Crippen molar-refractivity contribution >= 4 is 5.91 Å². The zero-order chi connectivity index (χ0) is 11.0. The maximum absolute atomic E-state index is 11.2. The summed E-state index contributed by atoms with van der Waals surface area (Å²) >= 11 is 0. The van der Waals surface area contributed by atoms with Gasteiger partial charge in [-0.25, -0.2) is 0 Å². The molecule has 1 amide bonds. The molecular formula is C10H22N2O2. The molecule has 84 valence electrons. The maximum Gasteiger partial charge on any atom is 0.221 e. The molecular weight excluding hydrogens is 180 g/mol. The van der Waals surface area contributed by atoms with E-state index in [2.05, 4.69) is 5.32 Å². The van der Waals surface area contributed by atoms with Crippen LogP contribution in [0.2, 0.25) is 0 Å². The van der Waals surface area contributed by atoms with Crippen molar-refractivity contribution in [3.8, 4) is 0 Å². The highest BCUT2D eigenvalue weighted by Gasteiger charge is 2.01. The van der Waals surface area contributed by atoms with Crippen LogP contribution in [0.15, 0.2) is 0 Å². The van der Waals surface area contributed by atoms with E-state index in [1.165, 1.54) is 0 Å². The van der Waals surface area contributed by atoms with E-state index < -0.39 is 0 Å². The molecule has 0 heterocycles. The number of aliphatic hydroxyl groups is 1. The fraction of sp³-hybridized carbons (Fsp3) is 0.900. The Morgan fingerprint density at radius 1 is 1.50 bits per heavy atom. The van der Waals surface area contributed by atoms with Gasteiger partial charge in [0, 0.05) is 19.5 Å². The predicted molar refractivity (Wildman–Crippen MR) is 57.1 cm³/mol. The van der Waals surface area contributed by atoms with E-state index in [0.29, 0.717) is 13.0 Å². The second-order valence-corrected chi connectivity index (χ2v) is 3.89. The lowest BCUT2D eigenvalue weighted by Gasteiger charge is -2.09. The van der Waals surface area contributed by atoms with Gasteiger partial charge in [0.1, 0.15) is 0 Å². The molecule has 0 aliphatic heterocycles. The van der Waals surface area contributed by atoms with Crippen molar-refractivity contribution in [3.63, 3.8) is 0 Å². The second-order valence-electron chi connectivity index (χ2n) is 3.89. The van der Waals surface area contributed by atoms with E-state index in [1.54, 1.807) is 6.92 Å². The Labute approximate surface area is 86.3 Å². The van der Waals surface area contributed by atoms with E-state index in [4.69, 9.17) is 5.11 Å². The fourth-order valence-corrected chi connectivity index (χ4v) is 1.04. The average molecular weight is 202 g/mol. The summed E-state index contributed by atoms with van der Waals surface area (Å²) in [6.07, 6.45) is 1.86. The lowest BCUT2D eigenvalue weighted by atomic mass is 10.2. The third-order valence-electron chi connectivity index (χ3n) is 1.91. The van der Waals surface area contributed by atoms with Crippen molar-refractivity contribution in [1.29, 1.82) is 0 Å². The molecule has 1 unspecified atom stereocenters. The van der Waals surface area contributed by atoms with Gasteiger partial charge < -0.3 is 15.3 Å². The van der Waals surface area contributed by atoms with Crippen LogP contribution in [0, 0.1) is 0 Å². The predicted octanol–water partition coefficient (Wildman–Crippen LogP) is 0.215. The average Bonchev–Trinajstić information content (AvgIpc) is 2.08. The minimum absolute atomic E-state index is 0.0873. The molecule has 1 atom stereocenters. The van der Waals surface area contributed by atoms with E-state index in [0.717, 1.165) is 19.4 Å². The minimum Gasteiger partial charge on any atom is -0.393 e. The van der Waals surface area contributed by atoms with Crippen LogP contribution in [0.25, 0.3) is 0 Å². The molecule has 0 saturated heterocycles. The third-order valence-corrected chi connectivity index (χ3v) is 1.91. The second kappa shape index (κ2) is 7.76. The number of nitrogens with zero attached hydrogens (tertiary/aromatic N) is 1. The van der Waals surface area contributed by atoms with Crippen LogP contribution in [-0.2, 0) is 4.79 Å². The van der Waals surface area contributed by atoms with Crippen LogP contribution in [0.5, 0.6) is 0 Å². The van der Waals surface area contributed by atoms with Gasteiger partial charge in [0.15, 0.2) is 0 Å². The minimum atomic E-state index is -0.270. The number of amides is 1. The first-order valence-electron chi connectivity index (χ1n) is 5.12. The van der Waals surface area contributed by atoms with Crippen LogP contribution in [0.3, 0.4) is 0 Å². The van der Waals surface area contributed by atoms with Crippen molar-refractivity contribution in [2.45, 2.75) is 32.3 Å². The summed E-state index contributed by atoms with van der Waals surface area (Å²) in [4.78, 5) is 13.2. The van der Waals surface area contributed by atoms with Crippen LogP contribution in [0.1, 0.15) is 26.2 Å². The van der Waals surface area contributed by atoms with Gasteiger partial charge in [-0.2, -0.15) is 0 Å². The van der Waals surface area contributed by atoms with Crippen molar-refractivity contribution in [2.24, 2.45) is 0 Å². The van der Waals surface area contributed by atoms with E-state index >= 15 is 0 Å². The topological polar surface area (TPSA) is 52.6 Å². The normalized spacial score (nSPS) is 12.9. The summed E-state index contributed by atoms with van der Waals surface area (Å²) in [5.74, 6) is 0.0873. The first-order chi connectivity index (χ1) is 6.52. The molecule has 0 aromatic rings. The molecule has 0 aliphatic carbocycles. The molecule has 0 spiro atoms. The summed E-state index contributed by atoms with van der Waals surface area (Å²) in [6, 6.07) is 0. The van der Waals surface area contributed by atoms with Gasteiger partial charge in [0.05, 0.1) is 6.10 Å². The molecule has 0 aromatic carbocycles. The summed E-state index contributed by atoms with van der Waals surface area (Å²) in [6.45, 7) is 3.20. The van der Waals surface area contributed by atoms with Gasteiger partial charge in [0.25, 0.3) is 0 Å². The highest BCUT2D eigenvalue weighted by atomic mass is 16.3. The number of carbonyl (C=O) groups excluding carboxylic acids is 1. The number of hydrogen-bond acceptors (Lipinski definition) is 3. The van der Waals surface area contributed by atoms with Gasteiger partial charge in [-0.05, 0) is 33.9 Å². The molecule has 4 nitrogen and oxygen atoms in total. The highest BCUT2D eigenvalue weighted by Crippen LogP contribution is 1.93. The first-order valence-corrected chi connectivity index (χ1v) is 5.12. The Hall–Kier alpha value is -0.610. The van der Waals surface area contributed by atoms with Crippen molar-refractivity contribution < 1.29 is 9.90 Å². The zero-order valence-corrected chi connectivity index (χ0v) is 9.42. The maximum atomic E-state index is 11.2. The number of rotatable bonds is 7. The largest absolute Gasteiger partial charge is 0.393 e. The molecule has 0 radical (unpaired) electrons. The molecule has 0 rings (SSSR count). The molecule has 0 bridgehead atoms. The number of aliphatic hydroxyl groups excluding tert-OH is 1. The molecule has 14 heavy (non-hydrogen) atoms. The van der Waals surface area contributed by atoms with Crippen molar-refractivity contribution in [1.82, 2.24) is 10.2 Å². The number of carbonyl (C=O) groups is 1. The van der Waals surface area contributed by atoms with E-state index in [-0.39, 0.29) is 12.0 Å². The van der Waals surface area contributed by atoms with Crippen LogP contribution in [-0.4, -0.2) is 49.2 Å². The van der Waals surface area contributed by atoms with Crippen LogP contribution >= 0.6 is 0 Å². The molecule has 4 heteroatoms. The molecule has 0 aliphatic rings. The molecule has 0 aromatic heterocycles. The van der Waals surface area contributed by atoms with Gasteiger partial charge in [-0.1, -0.05) is 0 Å². The lowest BCUT2D eigenvalue weighted by molar-refractivity contribution is -0.121. The quantitative estimate of drug-likeness (QED) is 0.580. The third kappa shape index (κ3) is 9.48. The standard InChI is InChI=1S/C10H22N2O2/c1-9(13)5-4-7-11-10(14)6-8-12(2)3/h9,13H,4-8H2,1-3H3,(H,11,14). The Bertz CT molecular complexity index is 158. The zero-order valence-electron chi connectivity index (χ0n) is 9.42. The Morgan fingerprint density at radius 2 is 2.14 bits per heavy atom. The van der Waals surface area contributed by atoms with Gasteiger partial charge in [-0.3, -0.25) is 4.79 Å². The van der Waals surface area contributed by atoms with E-state index in [1.807, 2.05) is 19.0 Å². The summed E-state index contributed by atoms with van der Waals surface area (Å²) in [5, 5.41) is 11.8. The van der Waals surface area contributed by atoms with Crippen LogP contribution in [0.4, 0.5) is 0 Å². The van der Waals surface area contributed by atoms with Gasteiger partial charge in [0.2, 0.25) is 5.91 Å². The lowest BCUT2D eigenvalue weighted by Crippen LogP contribution is -2.28. The van der Waals surface area contributed by atoms with E-state index in [9.17, 15) is 4.79 Å². The molecule has 0 fully saturated rings. The van der Waals surface area contributed by atoms with Gasteiger partial charge in [-0.15, -0.1) is 0 Å². The fourth-order valence-electron chi connectivity index (χ4n) is 1.04. The number of nitrogens with one attached hydrogen (secondary N) is 1. The van der Waals surface area contributed by atoms with Crippen LogP contribution < -0.4 is 5.32 Å². The number of hydrogen-bond donors (Lipinski definition) is 2. The Morgan fingerprint density at radius 3 is 2.64 bits per heavy atom. The Kier molecular flexibility index (Phi) is 7.42. The van der Waals surface area contributed by atoms with Crippen molar-refractivity contribution in [3.05, 3.63) is 0 Å². The first kappa shape index (κ1) is 13.4. The highest BCUT2D eigenvalue weighted by molar-refractivity contribution is 5.75. The molecule has 2 N–H and O–H groups in total. The summed E-state index contributed by atoms with van der Waals surface area (Å²) in [7, 11) is 3.89. The summed E-state index contributed by atoms with van der Waals surface area (Å²) < 4.78 is 0. The SMILES string of the molecule is CC(O)CCCNC(=O)CCN(C)C. The summed E-state index contributed by atoms with van der Waals surface area (Å²) in [5.41, 5.74) is 0. The Balaban J connectivity index is 3.27. The molecule has 0 saturated carbocycles. The monoisotopic (exact) mass is 202 g/mol.